The normalized spacial score (nSPS) is 27.2. The van der Waals surface area contributed by atoms with Gasteiger partial charge in [-0.25, -0.2) is 4.79 Å². The highest BCUT2D eigenvalue weighted by Crippen LogP contribution is 2.20. The zero-order valence-electron chi connectivity index (χ0n) is 11.9. The third-order valence-corrected chi connectivity index (χ3v) is 3.64. The molecule has 0 aromatic carbocycles. The number of nitrogens with one attached hydrogen (secondary N) is 1. The zero-order chi connectivity index (χ0) is 15.4. The number of nitrogens with zero attached hydrogens (tertiary/aromatic N) is 1. The number of amides is 2. The Labute approximate surface area is 122 Å². The standard InChI is InChI=1S/C13H20N2O6/c1-8(12(17)15-4-6-20-7-5-15)14-11(16)9-2-3-10(21-9)13(18)19/h8-10H,2-7H2,1H3,(H,14,16)(H,18,19). The molecule has 3 atom stereocenters. The maximum Gasteiger partial charge on any atom is 0.332 e. The van der Waals surface area contributed by atoms with Gasteiger partial charge in [0.1, 0.15) is 12.1 Å². The Hall–Kier alpha value is -1.67. The Morgan fingerprint density at radius 2 is 1.81 bits per heavy atom. The van der Waals surface area contributed by atoms with E-state index in [1.165, 1.54) is 0 Å². The lowest BCUT2D eigenvalue weighted by Crippen LogP contribution is -2.52. The summed E-state index contributed by atoms with van der Waals surface area (Å²) < 4.78 is 10.3. The number of carbonyl (C=O) groups is 3. The molecule has 0 bridgehead atoms. The first-order valence-corrected chi connectivity index (χ1v) is 7.04. The number of hydrogen-bond acceptors (Lipinski definition) is 5. The molecular formula is C13H20N2O6. The fourth-order valence-electron chi connectivity index (χ4n) is 2.44. The van der Waals surface area contributed by atoms with Crippen LogP contribution in [0.4, 0.5) is 0 Å². The van der Waals surface area contributed by atoms with Gasteiger partial charge in [0.2, 0.25) is 11.8 Å². The quantitative estimate of drug-likeness (QED) is 0.688. The summed E-state index contributed by atoms with van der Waals surface area (Å²) in [6.07, 6.45) is -1.09. The molecule has 2 N–H and O–H groups in total. The number of aliphatic carboxylic acids is 1. The minimum Gasteiger partial charge on any atom is -0.479 e. The molecule has 118 valence electrons. The van der Waals surface area contributed by atoms with Crippen LogP contribution in [0, 0.1) is 0 Å². The lowest BCUT2D eigenvalue weighted by atomic mass is 10.1. The maximum atomic E-state index is 12.1. The summed E-state index contributed by atoms with van der Waals surface area (Å²) in [5.74, 6) is -1.67. The van der Waals surface area contributed by atoms with Crippen LogP contribution in [-0.2, 0) is 23.9 Å². The van der Waals surface area contributed by atoms with E-state index in [9.17, 15) is 14.4 Å². The smallest absolute Gasteiger partial charge is 0.332 e. The van der Waals surface area contributed by atoms with Crippen LogP contribution in [0.25, 0.3) is 0 Å². The van der Waals surface area contributed by atoms with Crippen LogP contribution in [0.2, 0.25) is 0 Å². The summed E-state index contributed by atoms with van der Waals surface area (Å²) in [6.45, 7) is 3.64. The van der Waals surface area contributed by atoms with Crippen LogP contribution >= 0.6 is 0 Å². The third-order valence-electron chi connectivity index (χ3n) is 3.64. The van der Waals surface area contributed by atoms with Gasteiger partial charge in [0.25, 0.3) is 0 Å². The largest absolute Gasteiger partial charge is 0.479 e. The summed E-state index contributed by atoms with van der Waals surface area (Å²) in [5, 5.41) is 11.4. The highest BCUT2D eigenvalue weighted by atomic mass is 16.5. The van der Waals surface area contributed by atoms with Gasteiger partial charge in [-0.05, 0) is 19.8 Å². The van der Waals surface area contributed by atoms with Gasteiger partial charge in [0, 0.05) is 13.1 Å². The number of carboxylic acids is 1. The van der Waals surface area contributed by atoms with Gasteiger partial charge in [-0.3, -0.25) is 9.59 Å². The van der Waals surface area contributed by atoms with E-state index in [0.717, 1.165) is 0 Å². The number of morpholine rings is 1. The second kappa shape index (κ2) is 6.86. The van der Waals surface area contributed by atoms with E-state index in [-0.39, 0.29) is 5.91 Å². The third kappa shape index (κ3) is 3.92. The first-order valence-electron chi connectivity index (χ1n) is 7.04. The van der Waals surface area contributed by atoms with Gasteiger partial charge in [-0.15, -0.1) is 0 Å². The summed E-state index contributed by atoms with van der Waals surface area (Å²) in [5.41, 5.74) is 0. The van der Waals surface area contributed by atoms with Crippen molar-refractivity contribution in [2.75, 3.05) is 26.3 Å². The minimum absolute atomic E-state index is 0.167. The Bertz CT molecular complexity index is 421. The van der Waals surface area contributed by atoms with Gasteiger partial charge < -0.3 is 24.8 Å². The summed E-state index contributed by atoms with van der Waals surface area (Å²) >= 11 is 0. The molecule has 2 amide bonds. The average molecular weight is 300 g/mol. The molecule has 21 heavy (non-hydrogen) atoms. The lowest BCUT2D eigenvalue weighted by molar-refractivity contribution is -0.152. The van der Waals surface area contributed by atoms with Crippen molar-refractivity contribution in [2.45, 2.75) is 38.0 Å². The molecule has 0 aromatic rings. The topological polar surface area (TPSA) is 105 Å². The van der Waals surface area contributed by atoms with Crippen LogP contribution in [0.15, 0.2) is 0 Å². The molecule has 0 aromatic heterocycles. The fraction of sp³-hybridized carbons (Fsp3) is 0.769. The number of rotatable bonds is 4. The Morgan fingerprint density at radius 1 is 1.19 bits per heavy atom. The number of carboxylic acid groups (broad SMARTS) is 1. The molecule has 0 spiro atoms. The summed E-state index contributed by atoms with van der Waals surface area (Å²) in [7, 11) is 0. The highest BCUT2D eigenvalue weighted by Gasteiger charge is 2.36. The minimum atomic E-state index is -1.07. The molecule has 8 nitrogen and oxygen atoms in total. The predicted molar refractivity (Wildman–Crippen MR) is 70.5 cm³/mol. The van der Waals surface area contributed by atoms with Crippen molar-refractivity contribution >= 4 is 17.8 Å². The lowest BCUT2D eigenvalue weighted by Gasteiger charge is -2.29. The molecule has 2 heterocycles. The number of carbonyl (C=O) groups excluding carboxylic acids is 2. The van der Waals surface area contributed by atoms with Gasteiger partial charge in [0.15, 0.2) is 6.10 Å². The van der Waals surface area contributed by atoms with Crippen molar-refractivity contribution in [1.82, 2.24) is 10.2 Å². The maximum absolute atomic E-state index is 12.1. The van der Waals surface area contributed by atoms with Crippen LogP contribution in [0.5, 0.6) is 0 Å². The van der Waals surface area contributed by atoms with Crippen molar-refractivity contribution in [3.05, 3.63) is 0 Å². The first kappa shape index (κ1) is 15.7. The number of ether oxygens (including phenoxy) is 2. The van der Waals surface area contributed by atoms with E-state index >= 15 is 0 Å². The number of hydrogen-bond donors (Lipinski definition) is 2. The van der Waals surface area contributed by atoms with Crippen molar-refractivity contribution in [3.8, 4) is 0 Å². The predicted octanol–water partition coefficient (Wildman–Crippen LogP) is -1.02. The monoisotopic (exact) mass is 300 g/mol. The van der Waals surface area contributed by atoms with Crippen molar-refractivity contribution < 1.29 is 29.0 Å². The molecule has 2 rings (SSSR count). The molecule has 2 fully saturated rings. The molecule has 0 radical (unpaired) electrons. The molecular weight excluding hydrogens is 280 g/mol. The van der Waals surface area contributed by atoms with E-state index in [2.05, 4.69) is 5.32 Å². The Morgan fingerprint density at radius 3 is 2.38 bits per heavy atom. The molecule has 3 unspecified atom stereocenters. The van der Waals surface area contributed by atoms with Gasteiger partial charge in [0.05, 0.1) is 13.2 Å². The Kier molecular flexibility index (Phi) is 5.13. The molecule has 0 saturated carbocycles. The van der Waals surface area contributed by atoms with Crippen molar-refractivity contribution in [1.29, 1.82) is 0 Å². The van der Waals surface area contributed by atoms with Crippen LogP contribution < -0.4 is 5.32 Å². The van der Waals surface area contributed by atoms with E-state index < -0.39 is 30.1 Å². The van der Waals surface area contributed by atoms with Crippen LogP contribution in [-0.4, -0.2) is 72.3 Å². The first-order chi connectivity index (χ1) is 9.99. The molecule has 2 saturated heterocycles. The highest BCUT2D eigenvalue weighted by molar-refractivity contribution is 5.89. The second-order valence-electron chi connectivity index (χ2n) is 5.20. The second-order valence-corrected chi connectivity index (χ2v) is 5.20. The van der Waals surface area contributed by atoms with E-state index in [1.54, 1.807) is 11.8 Å². The zero-order valence-corrected chi connectivity index (χ0v) is 11.9. The van der Waals surface area contributed by atoms with Crippen LogP contribution in [0.1, 0.15) is 19.8 Å². The van der Waals surface area contributed by atoms with Crippen molar-refractivity contribution in [2.24, 2.45) is 0 Å². The average Bonchev–Trinajstić information content (AvgIpc) is 2.97. The van der Waals surface area contributed by atoms with Crippen LogP contribution in [0.3, 0.4) is 0 Å². The fourth-order valence-corrected chi connectivity index (χ4v) is 2.44. The van der Waals surface area contributed by atoms with Gasteiger partial charge >= 0.3 is 5.97 Å². The SMILES string of the molecule is CC(NC(=O)C1CCC(C(=O)O)O1)C(=O)N1CCOCC1. The molecule has 0 aliphatic carbocycles. The molecule has 2 aliphatic rings. The van der Waals surface area contributed by atoms with E-state index in [1.807, 2.05) is 0 Å². The van der Waals surface area contributed by atoms with Gasteiger partial charge in [-0.1, -0.05) is 0 Å². The Balaban J connectivity index is 1.81. The summed E-state index contributed by atoms with van der Waals surface area (Å²) in [6, 6.07) is -0.664. The summed E-state index contributed by atoms with van der Waals surface area (Å²) in [4.78, 5) is 36.5. The van der Waals surface area contributed by atoms with E-state index in [0.29, 0.717) is 39.1 Å². The van der Waals surface area contributed by atoms with Gasteiger partial charge in [-0.2, -0.15) is 0 Å². The molecule has 2 aliphatic heterocycles. The molecule has 8 heteroatoms. The van der Waals surface area contributed by atoms with Crippen molar-refractivity contribution in [3.63, 3.8) is 0 Å². The van der Waals surface area contributed by atoms with E-state index in [4.69, 9.17) is 14.6 Å².